The fourth-order valence-electron chi connectivity index (χ4n) is 2.92. The lowest BCUT2D eigenvalue weighted by Crippen LogP contribution is -2.37. The van der Waals surface area contributed by atoms with Gasteiger partial charge < -0.3 is 10.6 Å². The summed E-state index contributed by atoms with van der Waals surface area (Å²) >= 11 is 1.45. The van der Waals surface area contributed by atoms with Gasteiger partial charge in [0.15, 0.2) is 0 Å². The van der Waals surface area contributed by atoms with Gasteiger partial charge in [0.2, 0.25) is 11.8 Å². The van der Waals surface area contributed by atoms with Crippen molar-refractivity contribution in [2.45, 2.75) is 36.5 Å². The van der Waals surface area contributed by atoms with E-state index in [1.165, 1.54) is 11.8 Å². The van der Waals surface area contributed by atoms with E-state index in [0.29, 0.717) is 0 Å². The van der Waals surface area contributed by atoms with Gasteiger partial charge in [-0.1, -0.05) is 56.3 Å². The van der Waals surface area contributed by atoms with Gasteiger partial charge in [0, 0.05) is 11.3 Å². The van der Waals surface area contributed by atoms with Crippen LogP contribution in [-0.4, -0.2) is 17.1 Å². The van der Waals surface area contributed by atoms with E-state index in [1.54, 1.807) is 0 Å². The number of benzene rings is 2. The second-order valence-electron chi connectivity index (χ2n) is 6.50. The van der Waals surface area contributed by atoms with Gasteiger partial charge in [0.1, 0.15) is 0 Å². The Morgan fingerprint density at radius 2 is 1.80 bits per heavy atom. The number of hydrogen-bond acceptors (Lipinski definition) is 3. The van der Waals surface area contributed by atoms with Crippen LogP contribution in [0.3, 0.4) is 0 Å². The molecule has 2 N–H and O–H groups in total. The molecule has 0 bridgehead atoms. The number of carbonyl (C=O) groups is 2. The first-order valence-electron chi connectivity index (χ1n) is 8.45. The molecule has 2 unspecified atom stereocenters. The van der Waals surface area contributed by atoms with Crippen LogP contribution in [-0.2, 0) is 9.59 Å². The third-order valence-electron chi connectivity index (χ3n) is 4.22. The predicted molar refractivity (Wildman–Crippen MR) is 101 cm³/mol. The Balaban J connectivity index is 1.67. The summed E-state index contributed by atoms with van der Waals surface area (Å²) in [4.78, 5) is 25.8. The highest BCUT2D eigenvalue weighted by atomic mass is 32.2. The minimum atomic E-state index is -0.404. The summed E-state index contributed by atoms with van der Waals surface area (Å²) < 4.78 is 0. The molecular weight excluding hydrogens is 332 g/mol. The van der Waals surface area contributed by atoms with E-state index in [2.05, 4.69) is 24.5 Å². The summed E-state index contributed by atoms with van der Waals surface area (Å²) in [5, 5.41) is 5.57. The van der Waals surface area contributed by atoms with Crippen molar-refractivity contribution in [1.82, 2.24) is 5.32 Å². The number of anilines is 1. The summed E-state index contributed by atoms with van der Waals surface area (Å²) in [5.74, 6) is 0.0501. The summed E-state index contributed by atoms with van der Waals surface area (Å²) in [7, 11) is 0. The van der Waals surface area contributed by atoms with E-state index in [4.69, 9.17) is 0 Å². The molecule has 0 radical (unpaired) electrons. The van der Waals surface area contributed by atoms with Gasteiger partial charge in [-0.25, -0.2) is 0 Å². The normalized spacial score (nSPS) is 17.6. The van der Waals surface area contributed by atoms with Crippen molar-refractivity contribution in [3.63, 3.8) is 0 Å². The van der Waals surface area contributed by atoms with Crippen molar-refractivity contribution in [3.8, 4) is 0 Å². The lowest BCUT2D eigenvalue weighted by molar-refractivity contribution is -0.124. The van der Waals surface area contributed by atoms with Crippen molar-refractivity contribution >= 4 is 29.3 Å². The second-order valence-corrected chi connectivity index (χ2v) is 7.74. The highest BCUT2D eigenvalue weighted by molar-refractivity contribution is 8.01. The topological polar surface area (TPSA) is 58.2 Å². The Kier molecular flexibility index (Phi) is 5.43. The zero-order chi connectivity index (χ0) is 17.8. The lowest BCUT2D eigenvalue weighted by atomic mass is 9.96. The Morgan fingerprint density at radius 1 is 1.12 bits per heavy atom. The number of rotatable bonds is 5. The Morgan fingerprint density at radius 3 is 2.52 bits per heavy atom. The van der Waals surface area contributed by atoms with E-state index in [0.717, 1.165) is 16.1 Å². The zero-order valence-electron chi connectivity index (χ0n) is 14.4. The van der Waals surface area contributed by atoms with Gasteiger partial charge in [-0.05, 0) is 23.6 Å². The number of amides is 2. The molecule has 130 valence electrons. The van der Waals surface area contributed by atoms with Gasteiger partial charge in [-0.15, -0.1) is 11.8 Å². The molecule has 1 heterocycles. The highest BCUT2D eigenvalue weighted by Crippen LogP contribution is 2.36. The Bertz CT molecular complexity index is 761. The van der Waals surface area contributed by atoms with Crippen molar-refractivity contribution in [2.75, 3.05) is 5.32 Å². The first kappa shape index (κ1) is 17.5. The minimum Gasteiger partial charge on any atom is -0.349 e. The SMILES string of the molecule is CC(C)C(NC(=O)CC1Sc2ccccc2NC1=O)c1ccccc1. The molecule has 0 aliphatic carbocycles. The molecule has 25 heavy (non-hydrogen) atoms. The average Bonchev–Trinajstić information content (AvgIpc) is 2.61. The molecule has 0 saturated heterocycles. The van der Waals surface area contributed by atoms with E-state index in [1.807, 2.05) is 54.6 Å². The molecule has 2 aromatic rings. The molecule has 2 aromatic carbocycles. The Labute approximate surface area is 152 Å². The van der Waals surface area contributed by atoms with Crippen LogP contribution in [0, 0.1) is 5.92 Å². The van der Waals surface area contributed by atoms with E-state index in [9.17, 15) is 9.59 Å². The smallest absolute Gasteiger partial charge is 0.238 e. The predicted octanol–water partition coefficient (Wildman–Crippen LogP) is 4.00. The van der Waals surface area contributed by atoms with Crippen LogP contribution in [0.2, 0.25) is 0 Å². The zero-order valence-corrected chi connectivity index (χ0v) is 15.2. The maximum Gasteiger partial charge on any atom is 0.238 e. The Hall–Kier alpha value is -2.27. The summed E-state index contributed by atoms with van der Waals surface area (Å²) in [6, 6.07) is 17.5. The highest BCUT2D eigenvalue weighted by Gasteiger charge is 2.29. The maximum atomic E-state index is 12.6. The fraction of sp³-hybridized carbons (Fsp3) is 0.300. The quantitative estimate of drug-likeness (QED) is 0.853. The summed E-state index contributed by atoms with van der Waals surface area (Å²) in [6.07, 6.45) is 0.168. The van der Waals surface area contributed by atoms with Crippen molar-refractivity contribution in [1.29, 1.82) is 0 Å². The van der Waals surface area contributed by atoms with Gasteiger partial charge in [-0.3, -0.25) is 9.59 Å². The molecule has 0 saturated carbocycles. The number of para-hydroxylation sites is 1. The van der Waals surface area contributed by atoms with Gasteiger partial charge >= 0.3 is 0 Å². The summed E-state index contributed by atoms with van der Waals surface area (Å²) in [5.41, 5.74) is 1.90. The minimum absolute atomic E-state index is 0.0577. The van der Waals surface area contributed by atoms with E-state index >= 15 is 0 Å². The van der Waals surface area contributed by atoms with Gasteiger partial charge in [0.25, 0.3) is 0 Å². The molecule has 2 amide bonds. The maximum absolute atomic E-state index is 12.6. The molecule has 0 spiro atoms. The number of thioether (sulfide) groups is 1. The molecule has 1 aliphatic heterocycles. The first-order valence-corrected chi connectivity index (χ1v) is 9.33. The van der Waals surface area contributed by atoms with Crippen LogP contribution >= 0.6 is 11.8 Å². The molecule has 4 nitrogen and oxygen atoms in total. The van der Waals surface area contributed by atoms with Crippen LogP contribution in [0.1, 0.15) is 31.9 Å². The second kappa shape index (κ2) is 7.74. The first-order chi connectivity index (χ1) is 12.0. The van der Waals surface area contributed by atoms with Crippen LogP contribution in [0.4, 0.5) is 5.69 Å². The average molecular weight is 354 g/mol. The number of carbonyl (C=O) groups excluding carboxylic acids is 2. The molecule has 0 aromatic heterocycles. The summed E-state index contributed by atoms with van der Waals surface area (Å²) in [6.45, 7) is 4.16. The van der Waals surface area contributed by atoms with E-state index in [-0.39, 0.29) is 30.2 Å². The van der Waals surface area contributed by atoms with Crippen LogP contribution in [0.15, 0.2) is 59.5 Å². The van der Waals surface area contributed by atoms with Crippen molar-refractivity contribution < 1.29 is 9.59 Å². The monoisotopic (exact) mass is 354 g/mol. The molecular formula is C20H22N2O2S. The molecule has 5 heteroatoms. The van der Waals surface area contributed by atoms with Gasteiger partial charge in [-0.2, -0.15) is 0 Å². The molecule has 2 atom stereocenters. The number of fused-ring (bicyclic) bond motifs is 1. The lowest BCUT2D eigenvalue weighted by Gasteiger charge is -2.26. The fourth-order valence-corrected chi connectivity index (χ4v) is 4.03. The van der Waals surface area contributed by atoms with Crippen molar-refractivity contribution in [2.24, 2.45) is 5.92 Å². The van der Waals surface area contributed by atoms with Crippen LogP contribution in [0.5, 0.6) is 0 Å². The molecule has 3 rings (SSSR count). The number of hydrogen-bond donors (Lipinski definition) is 2. The number of nitrogens with one attached hydrogen (secondary N) is 2. The standard InChI is InChI=1S/C20H22N2O2S/c1-13(2)19(14-8-4-3-5-9-14)22-18(23)12-17-20(24)21-15-10-6-7-11-16(15)25-17/h3-11,13,17,19H,12H2,1-2H3,(H,21,24)(H,22,23). The van der Waals surface area contributed by atoms with Crippen molar-refractivity contribution in [3.05, 3.63) is 60.2 Å². The van der Waals surface area contributed by atoms with Crippen LogP contribution in [0.25, 0.3) is 0 Å². The third-order valence-corrected chi connectivity index (χ3v) is 5.49. The third kappa shape index (κ3) is 4.23. The van der Waals surface area contributed by atoms with Crippen LogP contribution < -0.4 is 10.6 Å². The largest absolute Gasteiger partial charge is 0.349 e. The molecule has 1 aliphatic rings. The van der Waals surface area contributed by atoms with Gasteiger partial charge in [0.05, 0.1) is 17.0 Å². The van der Waals surface area contributed by atoms with E-state index < -0.39 is 5.25 Å². The molecule has 0 fully saturated rings.